The second-order valence-corrected chi connectivity index (χ2v) is 6.31. The Morgan fingerprint density at radius 3 is 2.44 bits per heavy atom. The summed E-state index contributed by atoms with van der Waals surface area (Å²) in [5.41, 5.74) is 1.52. The van der Waals surface area contributed by atoms with E-state index >= 15 is 0 Å². The molecule has 0 bridgehead atoms. The fraction of sp³-hybridized carbons (Fsp3) is 0.158. The molecule has 0 unspecified atom stereocenters. The van der Waals surface area contributed by atoms with E-state index in [1.165, 1.54) is 23.9 Å². The number of carbonyl (C=O) groups is 1. The van der Waals surface area contributed by atoms with Gasteiger partial charge in [-0.3, -0.25) is 9.69 Å². The van der Waals surface area contributed by atoms with Crippen LogP contribution in [0.3, 0.4) is 0 Å². The van der Waals surface area contributed by atoms with Crippen molar-refractivity contribution in [1.82, 2.24) is 4.90 Å². The number of hydrogen-bond donors (Lipinski definition) is 0. The summed E-state index contributed by atoms with van der Waals surface area (Å²) >= 11 is 1.32. The lowest BCUT2D eigenvalue weighted by Gasteiger charge is -2.12. The van der Waals surface area contributed by atoms with Gasteiger partial charge in [0.25, 0.3) is 5.91 Å². The summed E-state index contributed by atoms with van der Waals surface area (Å²) < 4.78 is 18.2. The molecule has 6 heteroatoms. The van der Waals surface area contributed by atoms with E-state index in [1.54, 1.807) is 30.2 Å². The van der Waals surface area contributed by atoms with Gasteiger partial charge < -0.3 is 4.74 Å². The number of rotatable bonds is 4. The smallest absolute Gasteiger partial charge is 0.266 e. The number of ether oxygens (including phenoxy) is 1. The highest BCUT2D eigenvalue weighted by Gasteiger charge is 2.32. The van der Waals surface area contributed by atoms with Crippen molar-refractivity contribution in [3.63, 3.8) is 0 Å². The third kappa shape index (κ3) is 3.91. The third-order valence-corrected chi connectivity index (χ3v) is 4.68. The SMILES string of the molecule is CCN1C(=O)C(=Cc2ccc(F)cc2)SC1=Nc1ccc(OC)cc1. The minimum Gasteiger partial charge on any atom is -0.497 e. The summed E-state index contributed by atoms with van der Waals surface area (Å²) in [6.07, 6.45) is 1.76. The molecule has 0 aromatic heterocycles. The summed E-state index contributed by atoms with van der Waals surface area (Å²) in [5, 5.41) is 0.631. The molecule has 0 N–H and O–H groups in total. The predicted molar refractivity (Wildman–Crippen MR) is 99.4 cm³/mol. The molecule has 1 saturated heterocycles. The molecular formula is C19H17FN2O2S. The molecule has 1 aliphatic heterocycles. The number of amides is 1. The Morgan fingerprint density at radius 2 is 1.84 bits per heavy atom. The summed E-state index contributed by atoms with van der Waals surface area (Å²) in [5.74, 6) is 0.358. The van der Waals surface area contributed by atoms with Crippen molar-refractivity contribution < 1.29 is 13.9 Å². The second-order valence-electron chi connectivity index (χ2n) is 5.30. The fourth-order valence-electron chi connectivity index (χ4n) is 2.35. The number of amidine groups is 1. The van der Waals surface area contributed by atoms with E-state index in [9.17, 15) is 9.18 Å². The van der Waals surface area contributed by atoms with Crippen LogP contribution in [0.25, 0.3) is 6.08 Å². The van der Waals surface area contributed by atoms with Crippen LogP contribution in [0.1, 0.15) is 12.5 Å². The molecule has 0 saturated carbocycles. The number of aliphatic imine (C=N–C) groups is 1. The van der Waals surface area contributed by atoms with Gasteiger partial charge in [0.15, 0.2) is 5.17 Å². The number of nitrogens with zero attached hydrogens (tertiary/aromatic N) is 2. The van der Waals surface area contributed by atoms with Gasteiger partial charge in [0.05, 0.1) is 17.7 Å². The van der Waals surface area contributed by atoms with E-state index in [-0.39, 0.29) is 11.7 Å². The topological polar surface area (TPSA) is 41.9 Å². The Kier molecular flexibility index (Phi) is 5.19. The summed E-state index contributed by atoms with van der Waals surface area (Å²) in [6.45, 7) is 2.43. The van der Waals surface area contributed by atoms with Crippen LogP contribution in [-0.2, 0) is 4.79 Å². The lowest BCUT2D eigenvalue weighted by Crippen LogP contribution is -2.28. The highest BCUT2D eigenvalue weighted by Crippen LogP contribution is 2.34. The summed E-state index contributed by atoms with van der Waals surface area (Å²) in [7, 11) is 1.61. The zero-order valence-electron chi connectivity index (χ0n) is 13.9. The van der Waals surface area contributed by atoms with E-state index in [1.807, 2.05) is 31.2 Å². The van der Waals surface area contributed by atoms with Crippen molar-refractivity contribution >= 4 is 34.6 Å². The molecule has 2 aromatic rings. The molecule has 1 amide bonds. The van der Waals surface area contributed by atoms with Gasteiger partial charge in [0, 0.05) is 6.54 Å². The monoisotopic (exact) mass is 356 g/mol. The predicted octanol–water partition coefficient (Wildman–Crippen LogP) is 4.46. The highest BCUT2D eigenvalue weighted by molar-refractivity contribution is 8.18. The normalized spacial score (nSPS) is 17.6. The zero-order chi connectivity index (χ0) is 17.8. The van der Waals surface area contributed by atoms with Crippen molar-refractivity contribution in [2.24, 2.45) is 4.99 Å². The Bertz CT molecular complexity index is 830. The lowest BCUT2D eigenvalue weighted by atomic mass is 10.2. The Labute approximate surface area is 150 Å². The van der Waals surface area contributed by atoms with Gasteiger partial charge >= 0.3 is 0 Å². The minimum atomic E-state index is -0.301. The van der Waals surface area contributed by atoms with Gasteiger partial charge in [-0.1, -0.05) is 12.1 Å². The summed E-state index contributed by atoms with van der Waals surface area (Å²) in [4.78, 5) is 19.3. The summed E-state index contributed by atoms with van der Waals surface area (Å²) in [6, 6.07) is 13.4. The van der Waals surface area contributed by atoms with Crippen molar-refractivity contribution in [2.75, 3.05) is 13.7 Å². The minimum absolute atomic E-state index is 0.0934. The maximum Gasteiger partial charge on any atom is 0.266 e. The zero-order valence-corrected chi connectivity index (χ0v) is 14.7. The van der Waals surface area contributed by atoms with Crippen LogP contribution in [0.4, 0.5) is 10.1 Å². The molecule has 1 heterocycles. The first-order valence-corrected chi connectivity index (χ1v) is 8.62. The maximum atomic E-state index is 13.0. The number of likely N-dealkylation sites (N-methyl/N-ethyl adjacent to an activating group) is 1. The van der Waals surface area contributed by atoms with Crippen LogP contribution in [0, 0.1) is 5.82 Å². The van der Waals surface area contributed by atoms with Crippen molar-refractivity contribution in [1.29, 1.82) is 0 Å². The van der Waals surface area contributed by atoms with Crippen molar-refractivity contribution in [3.8, 4) is 5.75 Å². The molecule has 1 fully saturated rings. The first-order chi connectivity index (χ1) is 12.1. The van der Waals surface area contributed by atoms with Crippen LogP contribution in [-0.4, -0.2) is 29.6 Å². The van der Waals surface area contributed by atoms with Gasteiger partial charge in [0.1, 0.15) is 11.6 Å². The second kappa shape index (κ2) is 7.53. The molecule has 0 spiro atoms. The number of benzene rings is 2. The Morgan fingerprint density at radius 1 is 1.16 bits per heavy atom. The van der Waals surface area contributed by atoms with Crippen LogP contribution < -0.4 is 4.74 Å². The van der Waals surface area contributed by atoms with E-state index in [2.05, 4.69) is 4.99 Å². The fourth-order valence-corrected chi connectivity index (χ4v) is 3.41. The molecule has 3 rings (SSSR count). The molecule has 4 nitrogen and oxygen atoms in total. The van der Waals surface area contributed by atoms with Crippen molar-refractivity contribution in [2.45, 2.75) is 6.92 Å². The van der Waals surface area contributed by atoms with E-state index in [0.29, 0.717) is 16.6 Å². The molecule has 25 heavy (non-hydrogen) atoms. The molecule has 128 valence electrons. The van der Waals surface area contributed by atoms with Crippen LogP contribution in [0.5, 0.6) is 5.75 Å². The maximum absolute atomic E-state index is 13.0. The van der Waals surface area contributed by atoms with Crippen LogP contribution >= 0.6 is 11.8 Å². The molecule has 0 aliphatic carbocycles. The van der Waals surface area contributed by atoms with Gasteiger partial charge in [-0.05, 0) is 66.7 Å². The van der Waals surface area contributed by atoms with Gasteiger partial charge in [-0.25, -0.2) is 9.38 Å². The average Bonchev–Trinajstić information content (AvgIpc) is 2.92. The molecule has 0 atom stereocenters. The Balaban J connectivity index is 1.88. The number of methoxy groups -OCH3 is 1. The number of carbonyl (C=O) groups excluding carboxylic acids is 1. The lowest BCUT2D eigenvalue weighted by molar-refractivity contribution is -0.122. The first kappa shape index (κ1) is 17.2. The molecule has 2 aromatic carbocycles. The number of thioether (sulfide) groups is 1. The van der Waals surface area contributed by atoms with Gasteiger partial charge in [0.2, 0.25) is 0 Å². The van der Waals surface area contributed by atoms with Crippen LogP contribution in [0.2, 0.25) is 0 Å². The highest BCUT2D eigenvalue weighted by atomic mass is 32.2. The first-order valence-electron chi connectivity index (χ1n) is 7.80. The molecule has 1 aliphatic rings. The van der Waals surface area contributed by atoms with Crippen molar-refractivity contribution in [3.05, 3.63) is 64.8 Å². The molecule has 0 radical (unpaired) electrons. The largest absolute Gasteiger partial charge is 0.497 e. The third-order valence-electron chi connectivity index (χ3n) is 3.67. The number of hydrogen-bond acceptors (Lipinski definition) is 4. The Hall–Kier alpha value is -2.60. The average molecular weight is 356 g/mol. The van der Waals surface area contributed by atoms with E-state index in [0.717, 1.165) is 17.0 Å². The quantitative estimate of drug-likeness (QED) is 0.760. The van der Waals surface area contributed by atoms with E-state index in [4.69, 9.17) is 4.74 Å². The molecular weight excluding hydrogens is 339 g/mol. The van der Waals surface area contributed by atoms with E-state index < -0.39 is 0 Å². The number of halogens is 1. The van der Waals surface area contributed by atoms with Crippen LogP contribution in [0.15, 0.2) is 58.4 Å². The van der Waals surface area contributed by atoms with Gasteiger partial charge in [-0.2, -0.15) is 0 Å². The van der Waals surface area contributed by atoms with Gasteiger partial charge in [-0.15, -0.1) is 0 Å². The standard InChI is InChI=1S/C19H17FN2O2S/c1-3-22-18(23)17(12-13-4-6-14(20)7-5-13)25-19(22)21-15-8-10-16(24-2)11-9-15/h4-12H,3H2,1-2H3.